The van der Waals surface area contributed by atoms with E-state index in [1.807, 2.05) is 6.08 Å². The Bertz CT molecular complexity index is 1150. The van der Waals surface area contributed by atoms with Gasteiger partial charge in [0.15, 0.2) is 0 Å². The van der Waals surface area contributed by atoms with Crippen LogP contribution in [0.4, 0.5) is 0 Å². The summed E-state index contributed by atoms with van der Waals surface area (Å²) in [4.78, 5) is 24.5. The summed E-state index contributed by atoms with van der Waals surface area (Å²) in [6, 6.07) is -0.638. The number of esters is 1. The van der Waals surface area contributed by atoms with E-state index >= 15 is 0 Å². The second kappa shape index (κ2) is 57.4. The standard InChI is InChI=1S/C62H115NO5/c1-3-5-7-9-11-13-15-17-19-20-21-24-28-32-36-40-44-48-52-56-62(67)68-57-53-49-45-41-37-33-29-25-22-23-27-31-35-39-43-47-51-55-61(66)63-59(58-64)60(65)54-50-46-42-38-34-30-26-18-16-14-12-10-8-6-4-2/h11,13,17,19,22,25,50,54,59-60,64-65H,3-10,12,14-16,18,20-21,23-24,26-49,51-53,55-58H2,1-2H3,(H,63,66)/b13-11-,19-17-,25-22-,54-50+. The Balaban J connectivity index is 3.47. The molecule has 0 spiro atoms. The average molecular weight is 955 g/mol. The van der Waals surface area contributed by atoms with Gasteiger partial charge in [0.1, 0.15) is 0 Å². The third-order valence-corrected chi connectivity index (χ3v) is 13.6. The van der Waals surface area contributed by atoms with Gasteiger partial charge in [-0.1, -0.05) is 255 Å². The Labute approximate surface area is 423 Å². The Morgan fingerprint density at radius 1 is 0.412 bits per heavy atom. The van der Waals surface area contributed by atoms with Gasteiger partial charge in [-0.2, -0.15) is 0 Å². The van der Waals surface area contributed by atoms with Crippen LogP contribution >= 0.6 is 0 Å². The van der Waals surface area contributed by atoms with Crippen LogP contribution < -0.4 is 5.32 Å². The van der Waals surface area contributed by atoms with Crippen molar-refractivity contribution in [1.82, 2.24) is 5.32 Å². The predicted octanol–water partition coefficient (Wildman–Crippen LogP) is 18.6. The number of allylic oxidation sites excluding steroid dienone is 7. The van der Waals surface area contributed by atoms with Crippen LogP contribution in [-0.4, -0.2) is 47.4 Å². The first kappa shape index (κ1) is 65.8. The van der Waals surface area contributed by atoms with Gasteiger partial charge in [-0.25, -0.2) is 0 Å². The quantitative estimate of drug-likeness (QED) is 0.0321. The summed E-state index contributed by atoms with van der Waals surface area (Å²) in [5, 5.41) is 23.1. The Hall–Kier alpha value is -2.18. The number of hydrogen-bond donors (Lipinski definition) is 3. The minimum Gasteiger partial charge on any atom is -0.466 e. The van der Waals surface area contributed by atoms with Crippen molar-refractivity contribution in [1.29, 1.82) is 0 Å². The summed E-state index contributed by atoms with van der Waals surface area (Å²) in [5.74, 6) is -0.0869. The van der Waals surface area contributed by atoms with Crippen molar-refractivity contribution in [3.63, 3.8) is 0 Å². The van der Waals surface area contributed by atoms with Gasteiger partial charge < -0.3 is 20.3 Å². The number of hydrogen-bond acceptors (Lipinski definition) is 5. The third kappa shape index (κ3) is 53.2. The first-order valence-electron chi connectivity index (χ1n) is 29.9. The molecule has 0 rings (SSSR count). The van der Waals surface area contributed by atoms with Crippen LogP contribution in [-0.2, 0) is 14.3 Å². The normalized spacial score (nSPS) is 12.9. The molecule has 1 amide bonds. The lowest BCUT2D eigenvalue weighted by Crippen LogP contribution is -2.45. The molecule has 0 saturated heterocycles. The highest BCUT2D eigenvalue weighted by molar-refractivity contribution is 5.76. The topological polar surface area (TPSA) is 95.9 Å². The van der Waals surface area contributed by atoms with Gasteiger partial charge in [0.2, 0.25) is 5.91 Å². The molecule has 0 aromatic carbocycles. The largest absolute Gasteiger partial charge is 0.466 e. The van der Waals surface area contributed by atoms with Crippen LogP contribution in [0, 0.1) is 0 Å². The maximum Gasteiger partial charge on any atom is 0.305 e. The van der Waals surface area contributed by atoms with Crippen molar-refractivity contribution in [2.75, 3.05) is 13.2 Å². The van der Waals surface area contributed by atoms with E-state index in [2.05, 4.69) is 55.6 Å². The lowest BCUT2D eigenvalue weighted by Gasteiger charge is -2.20. The van der Waals surface area contributed by atoms with E-state index in [-0.39, 0.29) is 18.5 Å². The van der Waals surface area contributed by atoms with Gasteiger partial charge in [-0.3, -0.25) is 9.59 Å². The number of rotatable bonds is 55. The molecule has 0 aliphatic rings. The number of nitrogens with one attached hydrogen (secondary N) is 1. The molecule has 0 radical (unpaired) electrons. The number of aliphatic hydroxyl groups is 2. The summed E-state index contributed by atoms with van der Waals surface area (Å²) < 4.78 is 5.48. The number of ether oxygens (including phenoxy) is 1. The fraction of sp³-hybridized carbons (Fsp3) is 0.839. The molecule has 0 heterocycles. The van der Waals surface area contributed by atoms with Gasteiger partial charge in [0.25, 0.3) is 0 Å². The van der Waals surface area contributed by atoms with Crippen LogP contribution in [0.5, 0.6) is 0 Å². The van der Waals surface area contributed by atoms with Crippen LogP contribution in [0.2, 0.25) is 0 Å². The van der Waals surface area contributed by atoms with Crippen LogP contribution in [0.15, 0.2) is 48.6 Å². The van der Waals surface area contributed by atoms with Crippen molar-refractivity contribution in [3.05, 3.63) is 48.6 Å². The Kier molecular flexibility index (Phi) is 55.6. The van der Waals surface area contributed by atoms with Crippen molar-refractivity contribution in [3.8, 4) is 0 Å². The molecule has 0 aromatic heterocycles. The van der Waals surface area contributed by atoms with Gasteiger partial charge in [-0.15, -0.1) is 0 Å². The molecule has 6 nitrogen and oxygen atoms in total. The first-order chi connectivity index (χ1) is 33.5. The molecule has 2 unspecified atom stereocenters. The Morgan fingerprint density at radius 2 is 0.735 bits per heavy atom. The zero-order valence-corrected chi connectivity index (χ0v) is 45.3. The molecule has 0 saturated carbocycles. The molecule has 0 fully saturated rings. The van der Waals surface area contributed by atoms with Crippen molar-refractivity contribution < 1.29 is 24.5 Å². The molecule has 3 N–H and O–H groups in total. The van der Waals surface area contributed by atoms with Crippen molar-refractivity contribution in [2.24, 2.45) is 0 Å². The first-order valence-corrected chi connectivity index (χ1v) is 29.9. The lowest BCUT2D eigenvalue weighted by molar-refractivity contribution is -0.143. The van der Waals surface area contributed by atoms with E-state index in [0.29, 0.717) is 19.4 Å². The van der Waals surface area contributed by atoms with Gasteiger partial charge >= 0.3 is 5.97 Å². The summed E-state index contributed by atoms with van der Waals surface area (Å²) in [5.41, 5.74) is 0. The molecule has 398 valence electrons. The van der Waals surface area contributed by atoms with E-state index in [1.165, 1.54) is 218 Å². The van der Waals surface area contributed by atoms with Gasteiger partial charge in [-0.05, 0) is 89.9 Å². The highest BCUT2D eigenvalue weighted by Gasteiger charge is 2.18. The smallest absolute Gasteiger partial charge is 0.305 e. The number of aliphatic hydroxyl groups excluding tert-OH is 2. The zero-order valence-electron chi connectivity index (χ0n) is 45.3. The van der Waals surface area contributed by atoms with E-state index < -0.39 is 12.1 Å². The van der Waals surface area contributed by atoms with Crippen LogP contribution in [0.25, 0.3) is 0 Å². The predicted molar refractivity (Wildman–Crippen MR) is 296 cm³/mol. The van der Waals surface area contributed by atoms with E-state index in [1.54, 1.807) is 6.08 Å². The van der Waals surface area contributed by atoms with Gasteiger partial charge in [0.05, 0.1) is 25.4 Å². The highest BCUT2D eigenvalue weighted by atomic mass is 16.5. The zero-order chi connectivity index (χ0) is 49.3. The number of unbranched alkanes of at least 4 members (excludes halogenated alkanes) is 38. The molecule has 0 bridgehead atoms. The summed E-state index contributed by atoms with van der Waals surface area (Å²) in [6.07, 6.45) is 72.7. The van der Waals surface area contributed by atoms with Crippen LogP contribution in [0.3, 0.4) is 0 Å². The summed E-state index contributed by atoms with van der Waals surface area (Å²) in [6.45, 7) is 4.86. The minimum absolute atomic E-state index is 0.00687. The highest BCUT2D eigenvalue weighted by Crippen LogP contribution is 2.16. The molecule has 6 heteroatoms. The van der Waals surface area contributed by atoms with E-state index in [9.17, 15) is 19.8 Å². The second-order valence-corrected chi connectivity index (χ2v) is 20.3. The molecular formula is C62H115NO5. The minimum atomic E-state index is -0.853. The SMILES string of the molecule is CCCCC/C=C\C/C=C\CCCCCCCCCCCC(=O)OCCCCCCCC/C=C\CCCCCCCCCC(=O)NC(CO)C(O)/C=C/CCCCCCCCCCCCCCC. The van der Waals surface area contributed by atoms with Crippen molar-refractivity contribution in [2.45, 2.75) is 321 Å². The van der Waals surface area contributed by atoms with Crippen molar-refractivity contribution >= 4 is 11.9 Å². The number of carbonyl (C=O) groups excluding carboxylic acids is 2. The summed E-state index contributed by atoms with van der Waals surface area (Å²) >= 11 is 0. The lowest BCUT2D eigenvalue weighted by atomic mass is 10.0. The van der Waals surface area contributed by atoms with Crippen LogP contribution in [0.1, 0.15) is 309 Å². The maximum atomic E-state index is 12.5. The molecular weight excluding hydrogens is 839 g/mol. The number of carbonyl (C=O) groups is 2. The average Bonchev–Trinajstić information content (AvgIpc) is 3.34. The third-order valence-electron chi connectivity index (χ3n) is 13.6. The monoisotopic (exact) mass is 954 g/mol. The Morgan fingerprint density at radius 3 is 1.16 bits per heavy atom. The molecule has 68 heavy (non-hydrogen) atoms. The second-order valence-electron chi connectivity index (χ2n) is 20.3. The fourth-order valence-electron chi connectivity index (χ4n) is 8.95. The maximum absolute atomic E-state index is 12.5. The molecule has 2 atom stereocenters. The van der Waals surface area contributed by atoms with Gasteiger partial charge in [0, 0.05) is 12.8 Å². The molecule has 0 aliphatic heterocycles. The van der Waals surface area contributed by atoms with E-state index in [0.717, 1.165) is 64.2 Å². The molecule has 0 aliphatic carbocycles. The van der Waals surface area contributed by atoms with E-state index in [4.69, 9.17) is 4.74 Å². The molecule has 0 aromatic rings. The number of amides is 1. The summed E-state index contributed by atoms with van der Waals surface area (Å²) in [7, 11) is 0. The fourth-order valence-corrected chi connectivity index (χ4v) is 8.95.